The number of nitrogens with one attached hydrogen (secondary N) is 1. The van der Waals surface area contributed by atoms with Crippen molar-refractivity contribution in [2.24, 2.45) is 0 Å². The van der Waals surface area contributed by atoms with Gasteiger partial charge in [-0.05, 0) is 11.4 Å². The van der Waals surface area contributed by atoms with Crippen molar-refractivity contribution in [3.63, 3.8) is 0 Å². The Hall–Kier alpha value is -2.01. The zero-order chi connectivity index (χ0) is 14.3. The number of anilines is 1. The largest absolute Gasteiger partial charge is 0.410 e. The van der Waals surface area contributed by atoms with Crippen molar-refractivity contribution in [1.82, 2.24) is 9.78 Å². The van der Waals surface area contributed by atoms with Gasteiger partial charge in [-0.25, -0.2) is 4.68 Å². The molecule has 2 atom stereocenters. The summed E-state index contributed by atoms with van der Waals surface area (Å²) in [5.74, 6) is 0.138. The second kappa shape index (κ2) is 4.52. The molecular formula is C12H9F3N4S. The van der Waals surface area contributed by atoms with Crippen LogP contribution in [-0.2, 0) is 0 Å². The molecule has 0 saturated carbocycles. The fourth-order valence-corrected chi connectivity index (χ4v) is 3.11. The summed E-state index contributed by atoms with van der Waals surface area (Å²) >= 11 is 1.39. The van der Waals surface area contributed by atoms with Crippen molar-refractivity contribution < 1.29 is 13.2 Å². The van der Waals surface area contributed by atoms with E-state index < -0.39 is 18.3 Å². The topological polar surface area (TPSA) is 53.6 Å². The molecule has 0 radical (unpaired) electrons. The van der Waals surface area contributed by atoms with E-state index in [4.69, 9.17) is 5.26 Å². The number of hydrogen-bond acceptors (Lipinski definition) is 4. The standard InChI is InChI=1S/C12H9F3N4S/c13-12(14,15)10-4-8(9-2-1-3-20-9)18-11-7(5-16)6-17-19(10)11/h1-3,6,8,10,18H,4H2/t8-,10-/m0/s1. The van der Waals surface area contributed by atoms with E-state index in [1.165, 1.54) is 11.3 Å². The Morgan fingerprint density at radius 3 is 2.90 bits per heavy atom. The monoisotopic (exact) mass is 298 g/mol. The van der Waals surface area contributed by atoms with Crippen LogP contribution in [0.5, 0.6) is 0 Å². The second-order valence-corrected chi connectivity index (χ2v) is 5.45. The number of alkyl halides is 3. The summed E-state index contributed by atoms with van der Waals surface area (Å²) in [6.07, 6.45) is -3.37. The van der Waals surface area contributed by atoms with Crippen LogP contribution >= 0.6 is 11.3 Å². The van der Waals surface area contributed by atoms with Gasteiger partial charge in [0, 0.05) is 11.3 Å². The van der Waals surface area contributed by atoms with Crippen LogP contribution < -0.4 is 5.32 Å². The molecular weight excluding hydrogens is 289 g/mol. The van der Waals surface area contributed by atoms with E-state index in [1.54, 1.807) is 12.1 Å². The van der Waals surface area contributed by atoms with Gasteiger partial charge in [0.2, 0.25) is 0 Å². The highest BCUT2D eigenvalue weighted by Crippen LogP contribution is 2.44. The molecule has 3 heterocycles. The van der Waals surface area contributed by atoms with Crippen LogP contribution in [-0.4, -0.2) is 16.0 Å². The van der Waals surface area contributed by atoms with Crippen molar-refractivity contribution in [3.8, 4) is 6.07 Å². The first-order valence-corrected chi connectivity index (χ1v) is 6.73. The molecule has 104 valence electrons. The Bertz CT molecular complexity index is 653. The van der Waals surface area contributed by atoms with Gasteiger partial charge in [-0.15, -0.1) is 11.3 Å². The Kier molecular flexibility index (Phi) is 2.94. The lowest BCUT2D eigenvalue weighted by Gasteiger charge is -2.33. The molecule has 0 aromatic carbocycles. The van der Waals surface area contributed by atoms with Crippen LogP contribution in [0.2, 0.25) is 0 Å². The van der Waals surface area contributed by atoms with Gasteiger partial charge >= 0.3 is 6.18 Å². The molecule has 8 heteroatoms. The first-order chi connectivity index (χ1) is 9.50. The molecule has 20 heavy (non-hydrogen) atoms. The molecule has 0 bridgehead atoms. The molecule has 3 rings (SSSR count). The van der Waals surface area contributed by atoms with Crippen molar-refractivity contribution in [1.29, 1.82) is 5.26 Å². The van der Waals surface area contributed by atoms with E-state index in [9.17, 15) is 13.2 Å². The minimum atomic E-state index is -4.40. The molecule has 0 saturated heterocycles. The third-order valence-corrected chi connectivity index (χ3v) is 4.23. The van der Waals surface area contributed by atoms with Gasteiger partial charge in [-0.1, -0.05) is 6.07 Å². The highest BCUT2D eigenvalue weighted by Gasteiger charge is 2.47. The molecule has 0 spiro atoms. The number of halogens is 3. The molecule has 0 unspecified atom stereocenters. The number of nitriles is 1. The van der Waals surface area contributed by atoms with Crippen LogP contribution in [0.4, 0.5) is 19.0 Å². The third kappa shape index (κ3) is 2.04. The van der Waals surface area contributed by atoms with Crippen molar-refractivity contribution in [3.05, 3.63) is 34.2 Å². The van der Waals surface area contributed by atoms with Gasteiger partial charge in [0.15, 0.2) is 6.04 Å². The predicted octanol–water partition coefficient (Wildman–Crippen LogP) is 3.48. The number of aromatic nitrogens is 2. The maximum Gasteiger partial charge on any atom is 0.410 e. The summed E-state index contributed by atoms with van der Waals surface area (Å²) < 4.78 is 40.4. The lowest BCUT2D eigenvalue weighted by atomic mass is 10.0. The lowest BCUT2D eigenvalue weighted by Crippen LogP contribution is -2.35. The Labute approximate surface area is 116 Å². The van der Waals surface area contributed by atoms with Gasteiger partial charge < -0.3 is 5.32 Å². The summed E-state index contributed by atoms with van der Waals surface area (Å²) in [4.78, 5) is 0.815. The lowest BCUT2D eigenvalue weighted by molar-refractivity contribution is -0.173. The fourth-order valence-electron chi connectivity index (χ4n) is 2.32. The minimum absolute atomic E-state index is 0.125. The van der Waals surface area contributed by atoms with Crippen molar-refractivity contribution >= 4 is 17.2 Å². The molecule has 2 aromatic heterocycles. The van der Waals surface area contributed by atoms with E-state index in [1.807, 2.05) is 11.4 Å². The summed E-state index contributed by atoms with van der Waals surface area (Å²) in [6.45, 7) is 0. The van der Waals surface area contributed by atoms with Crippen LogP contribution in [0.15, 0.2) is 23.7 Å². The molecule has 4 nitrogen and oxygen atoms in total. The fraction of sp³-hybridized carbons (Fsp3) is 0.333. The quantitative estimate of drug-likeness (QED) is 0.877. The normalized spacial score (nSPS) is 21.9. The minimum Gasteiger partial charge on any atom is -0.361 e. The molecule has 0 aliphatic carbocycles. The van der Waals surface area contributed by atoms with Gasteiger partial charge in [0.25, 0.3) is 0 Å². The maximum absolute atomic E-state index is 13.2. The van der Waals surface area contributed by atoms with E-state index in [2.05, 4.69) is 10.4 Å². The van der Waals surface area contributed by atoms with Crippen LogP contribution in [0, 0.1) is 11.3 Å². The molecule has 0 amide bonds. The van der Waals surface area contributed by atoms with Crippen LogP contribution in [0.25, 0.3) is 0 Å². The SMILES string of the molecule is N#Cc1cnn2c1N[C@H](c1cccs1)C[C@H]2C(F)(F)F. The summed E-state index contributed by atoms with van der Waals surface area (Å²) in [6, 6.07) is 3.27. The summed E-state index contributed by atoms with van der Waals surface area (Å²) in [7, 11) is 0. The van der Waals surface area contributed by atoms with Gasteiger partial charge in [-0.2, -0.15) is 23.5 Å². The average molecular weight is 298 g/mol. The number of rotatable bonds is 1. The average Bonchev–Trinajstić information content (AvgIpc) is 3.05. The first-order valence-electron chi connectivity index (χ1n) is 5.85. The van der Waals surface area contributed by atoms with E-state index >= 15 is 0 Å². The Balaban J connectivity index is 2.06. The summed E-state index contributed by atoms with van der Waals surface area (Å²) in [5.41, 5.74) is 0.125. The zero-order valence-corrected chi connectivity index (χ0v) is 10.9. The number of thiophene rings is 1. The van der Waals surface area contributed by atoms with Gasteiger partial charge in [0.1, 0.15) is 17.5 Å². The molecule has 1 N–H and O–H groups in total. The Morgan fingerprint density at radius 2 is 2.30 bits per heavy atom. The van der Waals surface area contributed by atoms with E-state index in [0.29, 0.717) is 0 Å². The zero-order valence-electron chi connectivity index (χ0n) is 10.1. The molecule has 2 aromatic rings. The highest BCUT2D eigenvalue weighted by molar-refractivity contribution is 7.10. The summed E-state index contributed by atoms with van der Waals surface area (Å²) in [5, 5.41) is 17.5. The van der Waals surface area contributed by atoms with Crippen molar-refractivity contribution in [2.75, 3.05) is 5.32 Å². The number of nitrogens with zero attached hydrogens (tertiary/aromatic N) is 3. The Morgan fingerprint density at radius 1 is 1.50 bits per heavy atom. The molecule has 1 aliphatic rings. The number of fused-ring (bicyclic) bond motifs is 1. The highest BCUT2D eigenvalue weighted by atomic mass is 32.1. The smallest absolute Gasteiger partial charge is 0.361 e. The van der Waals surface area contributed by atoms with Crippen LogP contribution in [0.1, 0.15) is 28.9 Å². The second-order valence-electron chi connectivity index (χ2n) is 4.47. The predicted molar refractivity (Wildman–Crippen MR) is 67.3 cm³/mol. The first kappa shape index (κ1) is 13.0. The molecule has 1 aliphatic heterocycles. The van der Waals surface area contributed by atoms with Gasteiger partial charge in [0.05, 0.1) is 12.2 Å². The third-order valence-electron chi connectivity index (χ3n) is 3.25. The maximum atomic E-state index is 13.2. The number of hydrogen-bond donors (Lipinski definition) is 1. The van der Waals surface area contributed by atoms with E-state index in [0.717, 1.165) is 15.8 Å². The van der Waals surface area contributed by atoms with E-state index in [-0.39, 0.29) is 17.8 Å². The van der Waals surface area contributed by atoms with Crippen LogP contribution in [0.3, 0.4) is 0 Å². The van der Waals surface area contributed by atoms with Gasteiger partial charge in [-0.3, -0.25) is 0 Å². The molecule has 0 fully saturated rings. The van der Waals surface area contributed by atoms with Crippen molar-refractivity contribution in [2.45, 2.75) is 24.7 Å².